The molecule has 1 aliphatic rings. The molecule has 25 heavy (non-hydrogen) atoms. The lowest BCUT2D eigenvalue weighted by Crippen LogP contribution is -2.33. The molecule has 6 nitrogen and oxygen atoms in total. The van der Waals surface area contributed by atoms with E-state index >= 15 is 0 Å². The molecule has 1 aliphatic carbocycles. The number of carbonyl (C=O) groups excluding carboxylic acids is 1. The maximum atomic E-state index is 12.0. The largest absolute Gasteiger partial charge is 0.493 e. The summed E-state index contributed by atoms with van der Waals surface area (Å²) in [6.07, 6.45) is 4.62. The summed E-state index contributed by atoms with van der Waals surface area (Å²) < 4.78 is 11.4. The minimum atomic E-state index is -1.08. The second-order valence-electron chi connectivity index (χ2n) is 7.15. The number of amides is 1. The number of methoxy groups -OCH3 is 1. The van der Waals surface area contributed by atoms with Crippen molar-refractivity contribution in [3.63, 3.8) is 0 Å². The second kappa shape index (κ2) is 8.23. The van der Waals surface area contributed by atoms with Crippen molar-refractivity contribution in [1.29, 1.82) is 0 Å². The van der Waals surface area contributed by atoms with Gasteiger partial charge in [-0.15, -0.1) is 0 Å². The molecule has 6 heteroatoms. The Kier molecular flexibility index (Phi) is 6.28. The topological polar surface area (TPSA) is 84.9 Å². The van der Waals surface area contributed by atoms with Crippen LogP contribution in [0.25, 0.3) is 0 Å². The van der Waals surface area contributed by atoms with Crippen LogP contribution in [0.1, 0.15) is 51.5 Å². The van der Waals surface area contributed by atoms with Crippen LogP contribution in [-0.2, 0) is 16.1 Å². The molecule has 0 aliphatic heterocycles. The Labute approximate surface area is 148 Å². The Morgan fingerprint density at radius 2 is 1.92 bits per heavy atom. The second-order valence-corrected chi connectivity index (χ2v) is 7.15. The number of carbonyl (C=O) groups is 2. The third-order valence-electron chi connectivity index (χ3n) is 4.50. The van der Waals surface area contributed by atoms with Crippen molar-refractivity contribution < 1.29 is 24.2 Å². The fraction of sp³-hybridized carbons (Fsp3) is 0.579. The van der Waals surface area contributed by atoms with Crippen molar-refractivity contribution in [1.82, 2.24) is 5.32 Å². The molecule has 0 radical (unpaired) electrons. The molecule has 0 spiro atoms. The van der Waals surface area contributed by atoms with Gasteiger partial charge in [0.2, 0.25) is 5.91 Å². The lowest BCUT2D eigenvalue weighted by molar-refractivity contribution is -0.149. The van der Waals surface area contributed by atoms with Crippen LogP contribution in [0.15, 0.2) is 18.2 Å². The van der Waals surface area contributed by atoms with E-state index in [1.807, 2.05) is 18.2 Å². The number of carboxylic acid groups (broad SMARTS) is 1. The molecule has 1 amide bonds. The van der Waals surface area contributed by atoms with Crippen molar-refractivity contribution in [2.75, 3.05) is 7.11 Å². The normalized spacial score (nSPS) is 15.0. The minimum absolute atomic E-state index is 0.0656. The van der Waals surface area contributed by atoms with E-state index in [2.05, 4.69) is 5.32 Å². The molecule has 1 saturated carbocycles. The third-order valence-corrected chi connectivity index (χ3v) is 4.50. The Morgan fingerprint density at radius 1 is 1.24 bits per heavy atom. The summed E-state index contributed by atoms with van der Waals surface area (Å²) in [7, 11) is 1.60. The average Bonchev–Trinajstić information content (AvgIpc) is 3.05. The molecule has 0 heterocycles. The number of hydrogen-bond donors (Lipinski definition) is 2. The minimum Gasteiger partial charge on any atom is -0.493 e. The van der Waals surface area contributed by atoms with Gasteiger partial charge in [-0.25, -0.2) is 0 Å². The van der Waals surface area contributed by atoms with Gasteiger partial charge in [0.25, 0.3) is 0 Å². The average molecular weight is 349 g/mol. The first kappa shape index (κ1) is 19.1. The molecule has 1 fully saturated rings. The number of benzene rings is 1. The first-order chi connectivity index (χ1) is 11.8. The summed E-state index contributed by atoms with van der Waals surface area (Å²) in [6.45, 7) is 3.39. The van der Waals surface area contributed by atoms with Gasteiger partial charge in [-0.3, -0.25) is 9.59 Å². The number of ether oxygens (including phenoxy) is 2. The number of rotatable bonds is 8. The summed E-state index contributed by atoms with van der Waals surface area (Å²) in [6, 6.07) is 5.57. The van der Waals surface area contributed by atoms with Gasteiger partial charge >= 0.3 is 5.97 Å². The van der Waals surface area contributed by atoms with Gasteiger partial charge in [0.05, 0.1) is 18.6 Å². The summed E-state index contributed by atoms with van der Waals surface area (Å²) in [4.78, 5) is 23.1. The molecule has 0 atom stereocenters. The zero-order valence-corrected chi connectivity index (χ0v) is 15.1. The van der Waals surface area contributed by atoms with Crippen LogP contribution < -0.4 is 14.8 Å². The Hall–Kier alpha value is -2.24. The molecule has 0 aromatic heterocycles. The van der Waals surface area contributed by atoms with Gasteiger partial charge in [-0.05, 0) is 57.2 Å². The zero-order chi connectivity index (χ0) is 18.4. The van der Waals surface area contributed by atoms with Crippen molar-refractivity contribution in [3.8, 4) is 11.5 Å². The van der Waals surface area contributed by atoms with Gasteiger partial charge in [-0.2, -0.15) is 0 Å². The highest BCUT2D eigenvalue weighted by atomic mass is 16.5. The Bertz CT molecular complexity index is 620. The van der Waals surface area contributed by atoms with E-state index in [1.165, 1.54) is 26.7 Å². The van der Waals surface area contributed by atoms with E-state index in [4.69, 9.17) is 14.6 Å². The maximum Gasteiger partial charge on any atom is 0.309 e. The van der Waals surface area contributed by atoms with E-state index in [0.717, 1.165) is 18.4 Å². The smallest absolute Gasteiger partial charge is 0.309 e. The molecule has 2 N–H and O–H groups in total. The molecule has 0 bridgehead atoms. The first-order valence-corrected chi connectivity index (χ1v) is 8.65. The predicted molar refractivity (Wildman–Crippen MR) is 93.8 cm³/mol. The van der Waals surface area contributed by atoms with Gasteiger partial charge < -0.3 is 19.9 Å². The van der Waals surface area contributed by atoms with Crippen molar-refractivity contribution in [3.05, 3.63) is 23.8 Å². The van der Waals surface area contributed by atoms with Crippen molar-refractivity contribution in [2.45, 2.75) is 58.6 Å². The molecular weight excluding hydrogens is 322 g/mol. The summed E-state index contributed by atoms with van der Waals surface area (Å²) >= 11 is 0. The molecule has 138 valence electrons. The lowest BCUT2D eigenvalue weighted by Gasteiger charge is -2.19. The fourth-order valence-corrected chi connectivity index (χ4v) is 2.85. The standard InChI is InChI=1S/C19H27NO5/c1-19(2,18(22)23)11-17(21)20-12-13-8-9-15(24-3)16(10-13)25-14-6-4-5-7-14/h8-10,14H,4-7,11-12H2,1-3H3,(H,20,21)(H,22,23). The molecule has 0 saturated heterocycles. The highest BCUT2D eigenvalue weighted by Crippen LogP contribution is 2.32. The van der Waals surface area contributed by atoms with E-state index in [1.54, 1.807) is 7.11 Å². The highest BCUT2D eigenvalue weighted by Gasteiger charge is 2.30. The van der Waals surface area contributed by atoms with Crippen LogP contribution in [0.2, 0.25) is 0 Å². The van der Waals surface area contributed by atoms with Crippen LogP contribution >= 0.6 is 0 Å². The van der Waals surface area contributed by atoms with Gasteiger partial charge in [0.15, 0.2) is 11.5 Å². The Balaban J connectivity index is 1.97. The van der Waals surface area contributed by atoms with E-state index < -0.39 is 11.4 Å². The summed E-state index contributed by atoms with van der Waals surface area (Å²) in [5, 5.41) is 11.9. The summed E-state index contributed by atoms with van der Waals surface area (Å²) in [5.41, 5.74) is -0.198. The number of hydrogen-bond acceptors (Lipinski definition) is 4. The van der Waals surface area contributed by atoms with Gasteiger partial charge in [0, 0.05) is 13.0 Å². The van der Waals surface area contributed by atoms with Crippen LogP contribution in [0.4, 0.5) is 0 Å². The number of aliphatic carboxylic acids is 1. The quantitative estimate of drug-likeness (QED) is 0.753. The number of carboxylic acids is 1. The van der Waals surface area contributed by atoms with E-state index in [9.17, 15) is 9.59 Å². The van der Waals surface area contributed by atoms with Crippen LogP contribution in [0.3, 0.4) is 0 Å². The molecule has 1 aromatic carbocycles. The zero-order valence-electron chi connectivity index (χ0n) is 15.1. The summed E-state index contributed by atoms with van der Waals surface area (Å²) in [5.74, 6) is 0.0850. The van der Waals surface area contributed by atoms with E-state index in [-0.39, 0.29) is 18.4 Å². The first-order valence-electron chi connectivity index (χ1n) is 8.65. The lowest BCUT2D eigenvalue weighted by atomic mass is 9.89. The Morgan fingerprint density at radius 3 is 2.52 bits per heavy atom. The SMILES string of the molecule is COc1ccc(CNC(=O)CC(C)(C)C(=O)O)cc1OC1CCCC1. The maximum absolute atomic E-state index is 12.0. The molecule has 0 unspecified atom stereocenters. The molecule has 2 rings (SSSR count). The van der Waals surface area contributed by atoms with Crippen molar-refractivity contribution >= 4 is 11.9 Å². The van der Waals surface area contributed by atoms with E-state index in [0.29, 0.717) is 18.0 Å². The highest BCUT2D eigenvalue weighted by molar-refractivity contribution is 5.84. The van der Waals surface area contributed by atoms with Gasteiger partial charge in [0.1, 0.15) is 0 Å². The van der Waals surface area contributed by atoms with Crippen LogP contribution in [-0.4, -0.2) is 30.2 Å². The fourth-order valence-electron chi connectivity index (χ4n) is 2.85. The molecule has 1 aromatic rings. The molecular formula is C19H27NO5. The van der Waals surface area contributed by atoms with Crippen LogP contribution in [0.5, 0.6) is 11.5 Å². The third kappa shape index (κ3) is 5.37. The van der Waals surface area contributed by atoms with Gasteiger partial charge in [-0.1, -0.05) is 6.07 Å². The monoisotopic (exact) mass is 349 g/mol. The number of nitrogens with one attached hydrogen (secondary N) is 1. The van der Waals surface area contributed by atoms with Crippen molar-refractivity contribution in [2.24, 2.45) is 5.41 Å². The van der Waals surface area contributed by atoms with Crippen LogP contribution in [0, 0.1) is 5.41 Å². The predicted octanol–water partition coefficient (Wildman–Crippen LogP) is 3.13.